The fourth-order valence-electron chi connectivity index (χ4n) is 2.16. The van der Waals surface area contributed by atoms with Crippen LogP contribution in [-0.4, -0.2) is 38.2 Å². The Hall–Kier alpha value is -1.71. The number of benzene rings is 1. The molecule has 2 N–H and O–H groups in total. The van der Waals surface area contributed by atoms with E-state index in [0.29, 0.717) is 12.8 Å². The third-order valence-electron chi connectivity index (χ3n) is 3.43. The van der Waals surface area contributed by atoms with Crippen molar-refractivity contribution in [3.8, 4) is 5.75 Å². The van der Waals surface area contributed by atoms with E-state index in [2.05, 4.69) is 4.72 Å². The Balaban J connectivity index is 2.15. The Kier molecular flexibility index (Phi) is 4.45. The van der Waals surface area contributed by atoms with Crippen LogP contribution < -0.4 is 9.46 Å². The van der Waals surface area contributed by atoms with E-state index in [0.717, 1.165) is 6.07 Å². The number of nitro groups is 1. The van der Waals surface area contributed by atoms with E-state index in [9.17, 15) is 18.5 Å². The zero-order valence-corrected chi connectivity index (χ0v) is 12.2. The largest absolute Gasteiger partial charge is 0.490 e. The number of aliphatic hydroxyl groups excluding tert-OH is 1. The van der Waals surface area contributed by atoms with Crippen LogP contribution in [0.2, 0.25) is 0 Å². The standard InChI is InChI=1S/C12H16N2O6S/c1-20-12-3-2-10(6-11(12)14(16)17)21(18,19)13-7-8-4-9(15)5-8/h2-3,6,8-9,13,15H,4-5,7H2,1H3. The lowest BCUT2D eigenvalue weighted by Gasteiger charge is -2.31. The molecule has 1 aliphatic carbocycles. The van der Waals surface area contributed by atoms with Crippen LogP contribution in [0.3, 0.4) is 0 Å². The number of rotatable bonds is 6. The van der Waals surface area contributed by atoms with Crippen LogP contribution in [-0.2, 0) is 10.0 Å². The normalized spacial score (nSPS) is 21.6. The molecule has 8 nitrogen and oxygen atoms in total. The molecule has 0 atom stereocenters. The topological polar surface area (TPSA) is 119 Å². The van der Waals surface area contributed by atoms with Crippen molar-refractivity contribution in [1.29, 1.82) is 0 Å². The van der Waals surface area contributed by atoms with Gasteiger partial charge in [0.25, 0.3) is 0 Å². The number of nitrogens with one attached hydrogen (secondary N) is 1. The maximum Gasteiger partial charge on any atom is 0.312 e. The molecular weight excluding hydrogens is 300 g/mol. The van der Waals surface area contributed by atoms with E-state index in [1.54, 1.807) is 0 Å². The maximum absolute atomic E-state index is 12.1. The summed E-state index contributed by atoms with van der Waals surface area (Å²) in [5, 5.41) is 20.1. The molecule has 0 unspecified atom stereocenters. The lowest BCUT2D eigenvalue weighted by molar-refractivity contribution is -0.386. The van der Waals surface area contributed by atoms with Crippen LogP contribution in [0.25, 0.3) is 0 Å². The van der Waals surface area contributed by atoms with E-state index in [-0.39, 0.29) is 29.2 Å². The smallest absolute Gasteiger partial charge is 0.312 e. The van der Waals surface area contributed by atoms with E-state index in [1.165, 1.54) is 19.2 Å². The summed E-state index contributed by atoms with van der Waals surface area (Å²) in [6, 6.07) is 3.47. The molecule has 0 radical (unpaired) electrons. The summed E-state index contributed by atoms with van der Waals surface area (Å²) in [4.78, 5) is 10.0. The third-order valence-corrected chi connectivity index (χ3v) is 4.85. The Labute approximate surface area is 121 Å². The van der Waals surface area contributed by atoms with Gasteiger partial charge in [-0.1, -0.05) is 0 Å². The number of ether oxygens (including phenoxy) is 1. The predicted molar refractivity (Wildman–Crippen MR) is 73.6 cm³/mol. The fourth-order valence-corrected chi connectivity index (χ4v) is 3.29. The molecule has 1 aromatic rings. The fraction of sp³-hybridized carbons (Fsp3) is 0.500. The molecule has 1 aliphatic rings. The van der Waals surface area contributed by atoms with Crippen molar-refractivity contribution >= 4 is 15.7 Å². The highest BCUT2D eigenvalue weighted by Gasteiger charge is 2.29. The molecule has 0 spiro atoms. The van der Waals surface area contributed by atoms with Crippen molar-refractivity contribution < 1.29 is 23.2 Å². The minimum atomic E-state index is -3.82. The molecule has 9 heteroatoms. The van der Waals surface area contributed by atoms with Gasteiger partial charge in [-0.3, -0.25) is 10.1 Å². The summed E-state index contributed by atoms with van der Waals surface area (Å²) in [5.74, 6) is 0.101. The molecule has 0 bridgehead atoms. The SMILES string of the molecule is COc1ccc(S(=O)(=O)NCC2CC(O)C2)cc1[N+](=O)[O-]. The van der Waals surface area contributed by atoms with Gasteiger partial charge < -0.3 is 9.84 Å². The van der Waals surface area contributed by atoms with Gasteiger partial charge in [-0.05, 0) is 30.9 Å². The lowest BCUT2D eigenvalue weighted by Crippen LogP contribution is -2.38. The van der Waals surface area contributed by atoms with E-state index >= 15 is 0 Å². The van der Waals surface area contributed by atoms with E-state index in [1.807, 2.05) is 0 Å². The average molecular weight is 316 g/mol. The van der Waals surface area contributed by atoms with Crippen molar-refractivity contribution in [1.82, 2.24) is 4.72 Å². The minimum Gasteiger partial charge on any atom is -0.490 e. The molecule has 2 rings (SSSR count). The molecule has 1 saturated carbocycles. The van der Waals surface area contributed by atoms with Crippen LogP contribution >= 0.6 is 0 Å². The zero-order chi connectivity index (χ0) is 15.6. The van der Waals surface area contributed by atoms with Crippen LogP contribution in [0.1, 0.15) is 12.8 Å². The predicted octanol–water partition coefficient (Wildman–Crippen LogP) is 0.653. The van der Waals surface area contributed by atoms with Crippen LogP contribution in [0.15, 0.2) is 23.1 Å². The monoisotopic (exact) mass is 316 g/mol. The molecule has 0 heterocycles. The highest BCUT2D eigenvalue weighted by molar-refractivity contribution is 7.89. The number of hydrogen-bond acceptors (Lipinski definition) is 6. The second-order valence-corrected chi connectivity index (χ2v) is 6.70. The molecule has 0 saturated heterocycles. The van der Waals surface area contributed by atoms with E-state index < -0.39 is 20.6 Å². The van der Waals surface area contributed by atoms with Gasteiger partial charge >= 0.3 is 5.69 Å². The summed E-state index contributed by atoms with van der Waals surface area (Å²) < 4.78 is 31.4. The van der Waals surface area contributed by atoms with Crippen molar-refractivity contribution in [3.63, 3.8) is 0 Å². The number of nitro benzene ring substituents is 1. The lowest BCUT2D eigenvalue weighted by atomic mass is 9.83. The van der Waals surface area contributed by atoms with Crippen molar-refractivity contribution in [2.45, 2.75) is 23.8 Å². The Bertz CT molecular complexity index is 639. The van der Waals surface area contributed by atoms with Gasteiger partial charge in [-0.25, -0.2) is 13.1 Å². The van der Waals surface area contributed by atoms with Crippen molar-refractivity contribution in [2.24, 2.45) is 5.92 Å². The Morgan fingerprint density at radius 3 is 2.67 bits per heavy atom. The minimum absolute atomic E-state index is 0.000986. The molecule has 1 fully saturated rings. The van der Waals surface area contributed by atoms with Gasteiger partial charge in [0.05, 0.1) is 23.0 Å². The molecule has 21 heavy (non-hydrogen) atoms. The molecular formula is C12H16N2O6S. The highest BCUT2D eigenvalue weighted by atomic mass is 32.2. The number of methoxy groups -OCH3 is 1. The van der Waals surface area contributed by atoms with Gasteiger partial charge in [0, 0.05) is 12.6 Å². The van der Waals surface area contributed by atoms with Crippen molar-refractivity contribution in [2.75, 3.05) is 13.7 Å². The second-order valence-electron chi connectivity index (χ2n) is 4.93. The highest BCUT2D eigenvalue weighted by Crippen LogP contribution is 2.30. The van der Waals surface area contributed by atoms with Gasteiger partial charge in [-0.2, -0.15) is 0 Å². The summed E-state index contributed by atoms with van der Waals surface area (Å²) in [6.07, 6.45) is 0.762. The second kappa shape index (κ2) is 5.96. The quantitative estimate of drug-likeness (QED) is 0.587. The molecule has 0 amide bonds. The Morgan fingerprint density at radius 2 is 2.14 bits per heavy atom. The van der Waals surface area contributed by atoms with Crippen LogP contribution in [0.5, 0.6) is 5.75 Å². The number of nitrogens with zero attached hydrogens (tertiary/aromatic N) is 1. The molecule has 1 aromatic carbocycles. The molecule has 116 valence electrons. The number of hydrogen-bond donors (Lipinski definition) is 2. The van der Waals surface area contributed by atoms with Gasteiger partial charge in [0.15, 0.2) is 5.75 Å². The Morgan fingerprint density at radius 1 is 1.48 bits per heavy atom. The van der Waals surface area contributed by atoms with Crippen molar-refractivity contribution in [3.05, 3.63) is 28.3 Å². The zero-order valence-electron chi connectivity index (χ0n) is 11.4. The van der Waals surface area contributed by atoms with Crippen LogP contribution in [0, 0.1) is 16.0 Å². The van der Waals surface area contributed by atoms with Gasteiger partial charge in [-0.15, -0.1) is 0 Å². The van der Waals surface area contributed by atoms with E-state index in [4.69, 9.17) is 9.84 Å². The summed E-state index contributed by atoms with van der Waals surface area (Å²) in [6.45, 7) is 0.208. The first-order valence-corrected chi connectivity index (χ1v) is 7.82. The number of aliphatic hydroxyl groups is 1. The van der Waals surface area contributed by atoms with Crippen LogP contribution in [0.4, 0.5) is 5.69 Å². The summed E-state index contributed by atoms with van der Waals surface area (Å²) >= 11 is 0. The summed E-state index contributed by atoms with van der Waals surface area (Å²) in [7, 11) is -2.55. The first-order valence-electron chi connectivity index (χ1n) is 6.33. The first-order chi connectivity index (χ1) is 9.83. The number of sulfonamides is 1. The first kappa shape index (κ1) is 15.7. The maximum atomic E-state index is 12.1. The van der Waals surface area contributed by atoms with Gasteiger partial charge in [0.1, 0.15) is 0 Å². The molecule has 0 aromatic heterocycles. The van der Waals surface area contributed by atoms with Gasteiger partial charge in [0.2, 0.25) is 10.0 Å². The average Bonchev–Trinajstić information content (AvgIpc) is 2.41. The summed E-state index contributed by atoms with van der Waals surface area (Å²) in [5.41, 5.74) is -0.403. The molecule has 0 aliphatic heterocycles. The third kappa shape index (κ3) is 3.49.